The quantitative estimate of drug-likeness (QED) is 0.772. The van der Waals surface area contributed by atoms with Gasteiger partial charge in [-0.25, -0.2) is 0 Å². The zero-order chi connectivity index (χ0) is 20.9. The SMILES string of the molecule is O=C(CN1CCN(C(=O)c2cccc(NC(=O)C3CC3)c2)CC1)Nc1ccccc1. The van der Waals surface area contributed by atoms with Crippen molar-refractivity contribution in [1.82, 2.24) is 9.80 Å². The maximum atomic E-state index is 12.9. The van der Waals surface area contributed by atoms with Crippen molar-refractivity contribution in [1.29, 1.82) is 0 Å². The Morgan fingerprint density at radius 1 is 0.833 bits per heavy atom. The van der Waals surface area contributed by atoms with Crippen molar-refractivity contribution in [3.05, 3.63) is 60.2 Å². The maximum absolute atomic E-state index is 12.9. The highest BCUT2D eigenvalue weighted by Gasteiger charge is 2.30. The van der Waals surface area contributed by atoms with Gasteiger partial charge in [-0.15, -0.1) is 0 Å². The second-order valence-electron chi connectivity index (χ2n) is 7.83. The molecule has 2 aliphatic rings. The van der Waals surface area contributed by atoms with Gasteiger partial charge in [-0.05, 0) is 43.2 Å². The monoisotopic (exact) mass is 406 g/mol. The van der Waals surface area contributed by atoms with Gasteiger partial charge in [0.05, 0.1) is 6.54 Å². The molecule has 1 saturated heterocycles. The minimum Gasteiger partial charge on any atom is -0.336 e. The Hall–Kier alpha value is -3.19. The Kier molecular flexibility index (Phi) is 6.09. The molecular weight excluding hydrogens is 380 g/mol. The van der Waals surface area contributed by atoms with E-state index in [0.29, 0.717) is 44.0 Å². The molecule has 1 heterocycles. The van der Waals surface area contributed by atoms with Crippen molar-refractivity contribution in [3.8, 4) is 0 Å². The summed E-state index contributed by atoms with van der Waals surface area (Å²) >= 11 is 0. The van der Waals surface area contributed by atoms with Crippen LogP contribution in [0.25, 0.3) is 0 Å². The third kappa shape index (κ3) is 5.24. The summed E-state index contributed by atoms with van der Waals surface area (Å²) in [5.41, 5.74) is 2.01. The molecule has 7 nitrogen and oxygen atoms in total. The predicted molar refractivity (Wildman–Crippen MR) is 115 cm³/mol. The summed E-state index contributed by atoms with van der Waals surface area (Å²) in [6.07, 6.45) is 1.89. The van der Waals surface area contributed by atoms with E-state index >= 15 is 0 Å². The van der Waals surface area contributed by atoms with Crippen molar-refractivity contribution < 1.29 is 14.4 Å². The number of anilines is 2. The first-order chi connectivity index (χ1) is 14.6. The molecule has 156 valence electrons. The molecule has 2 aromatic rings. The first-order valence-electron chi connectivity index (χ1n) is 10.4. The van der Waals surface area contributed by atoms with Crippen molar-refractivity contribution in [2.24, 2.45) is 5.92 Å². The molecule has 3 amide bonds. The number of hydrogen-bond donors (Lipinski definition) is 2. The number of para-hydroxylation sites is 1. The van der Waals surface area contributed by atoms with Crippen LogP contribution in [0.2, 0.25) is 0 Å². The van der Waals surface area contributed by atoms with E-state index < -0.39 is 0 Å². The summed E-state index contributed by atoms with van der Waals surface area (Å²) in [5, 5.41) is 5.78. The average Bonchev–Trinajstić information content (AvgIpc) is 3.60. The van der Waals surface area contributed by atoms with E-state index in [2.05, 4.69) is 10.6 Å². The Bertz CT molecular complexity index is 919. The number of carbonyl (C=O) groups excluding carboxylic acids is 3. The molecule has 2 aromatic carbocycles. The van der Waals surface area contributed by atoms with Crippen LogP contribution in [0.5, 0.6) is 0 Å². The summed E-state index contributed by atoms with van der Waals surface area (Å²) in [6.45, 7) is 2.73. The number of benzene rings is 2. The van der Waals surface area contributed by atoms with Gasteiger partial charge in [0.2, 0.25) is 11.8 Å². The van der Waals surface area contributed by atoms with Crippen LogP contribution in [0.3, 0.4) is 0 Å². The zero-order valence-corrected chi connectivity index (χ0v) is 16.8. The Balaban J connectivity index is 1.27. The van der Waals surface area contributed by atoms with Crippen LogP contribution in [0.1, 0.15) is 23.2 Å². The minimum atomic E-state index is -0.0555. The molecule has 0 atom stereocenters. The van der Waals surface area contributed by atoms with E-state index in [-0.39, 0.29) is 23.6 Å². The molecule has 0 spiro atoms. The number of carbonyl (C=O) groups is 3. The van der Waals surface area contributed by atoms with Crippen molar-refractivity contribution in [2.45, 2.75) is 12.8 Å². The largest absolute Gasteiger partial charge is 0.336 e. The highest BCUT2D eigenvalue weighted by atomic mass is 16.2. The topological polar surface area (TPSA) is 81.8 Å². The van der Waals surface area contributed by atoms with Gasteiger partial charge in [0.15, 0.2) is 0 Å². The van der Waals surface area contributed by atoms with E-state index in [1.807, 2.05) is 35.2 Å². The highest BCUT2D eigenvalue weighted by molar-refractivity contribution is 5.98. The highest BCUT2D eigenvalue weighted by Crippen LogP contribution is 2.30. The summed E-state index contributed by atoms with van der Waals surface area (Å²) in [6, 6.07) is 16.5. The number of nitrogens with one attached hydrogen (secondary N) is 2. The van der Waals surface area contributed by atoms with Gasteiger partial charge in [0.25, 0.3) is 5.91 Å². The van der Waals surface area contributed by atoms with Gasteiger partial charge in [-0.1, -0.05) is 24.3 Å². The molecular formula is C23H26N4O3. The number of hydrogen-bond acceptors (Lipinski definition) is 4. The lowest BCUT2D eigenvalue weighted by molar-refractivity contribution is -0.118. The molecule has 0 aromatic heterocycles. The lowest BCUT2D eigenvalue weighted by atomic mass is 10.1. The van der Waals surface area contributed by atoms with Gasteiger partial charge < -0.3 is 15.5 Å². The molecule has 0 bridgehead atoms. The predicted octanol–water partition coefficient (Wildman–Crippen LogP) is 2.43. The van der Waals surface area contributed by atoms with Gasteiger partial charge in [0.1, 0.15) is 0 Å². The van der Waals surface area contributed by atoms with Crippen LogP contribution in [0.4, 0.5) is 11.4 Å². The maximum Gasteiger partial charge on any atom is 0.254 e. The molecule has 0 unspecified atom stereocenters. The summed E-state index contributed by atoms with van der Waals surface area (Å²) in [7, 11) is 0. The molecule has 1 aliphatic carbocycles. The number of nitrogens with zero attached hydrogens (tertiary/aromatic N) is 2. The van der Waals surface area contributed by atoms with Gasteiger partial charge in [-0.2, -0.15) is 0 Å². The zero-order valence-electron chi connectivity index (χ0n) is 16.8. The molecule has 7 heteroatoms. The number of piperazine rings is 1. The first-order valence-corrected chi connectivity index (χ1v) is 10.4. The second kappa shape index (κ2) is 9.09. The minimum absolute atomic E-state index is 0.0296. The fourth-order valence-corrected chi connectivity index (χ4v) is 3.54. The molecule has 30 heavy (non-hydrogen) atoms. The lowest BCUT2D eigenvalue weighted by Gasteiger charge is -2.34. The van der Waals surface area contributed by atoms with E-state index in [1.54, 1.807) is 29.2 Å². The van der Waals surface area contributed by atoms with Gasteiger partial charge >= 0.3 is 0 Å². The van der Waals surface area contributed by atoms with E-state index in [4.69, 9.17) is 0 Å². The fourth-order valence-electron chi connectivity index (χ4n) is 3.54. The standard InChI is InChI=1S/C23H26N4O3/c28-21(24-19-6-2-1-3-7-19)16-26-11-13-27(14-12-26)23(30)18-5-4-8-20(15-18)25-22(29)17-9-10-17/h1-8,15,17H,9-14,16H2,(H,24,28)(H,25,29). The van der Waals surface area contributed by atoms with E-state index in [1.165, 1.54) is 0 Å². The van der Waals surface area contributed by atoms with E-state index in [0.717, 1.165) is 18.5 Å². The second-order valence-corrected chi connectivity index (χ2v) is 7.83. The molecule has 0 radical (unpaired) electrons. The normalized spacial score (nSPS) is 16.7. The van der Waals surface area contributed by atoms with Crippen LogP contribution in [0.15, 0.2) is 54.6 Å². The summed E-state index contributed by atoms with van der Waals surface area (Å²) < 4.78 is 0. The third-order valence-electron chi connectivity index (χ3n) is 5.41. The summed E-state index contributed by atoms with van der Waals surface area (Å²) in [4.78, 5) is 40.9. The molecule has 1 aliphatic heterocycles. The van der Waals surface area contributed by atoms with Crippen LogP contribution in [-0.2, 0) is 9.59 Å². The van der Waals surface area contributed by atoms with Gasteiger partial charge in [0, 0.05) is 49.0 Å². The van der Waals surface area contributed by atoms with Crippen LogP contribution in [0, 0.1) is 5.92 Å². The Morgan fingerprint density at radius 2 is 1.53 bits per heavy atom. The van der Waals surface area contributed by atoms with Crippen molar-refractivity contribution >= 4 is 29.1 Å². The fraction of sp³-hybridized carbons (Fsp3) is 0.348. The Labute approximate surface area is 176 Å². The van der Waals surface area contributed by atoms with Crippen LogP contribution < -0.4 is 10.6 Å². The smallest absolute Gasteiger partial charge is 0.254 e. The van der Waals surface area contributed by atoms with Crippen molar-refractivity contribution in [2.75, 3.05) is 43.4 Å². The lowest BCUT2D eigenvalue weighted by Crippen LogP contribution is -2.50. The Morgan fingerprint density at radius 3 is 2.23 bits per heavy atom. The van der Waals surface area contributed by atoms with Crippen LogP contribution >= 0.6 is 0 Å². The molecule has 2 fully saturated rings. The van der Waals surface area contributed by atoms with Crippen molar-refractivity contribution in [3.63, 3.8) is 0 Å². The third-order valence-corrected chi connectivity index (χ3v) is 5.41. The van der Waals surface area contributed by atoms with E-state index in [9.17, 15) is 14.4 Å². The summed E-state index contributed by atoms with van der Waals surface area (Å²) in [5.74, 6) is 0.0458. The first kappa shape index (κ1) is 20.1. The number of amides is 3. The van der Waals surface area contributed by atoms with Crippen LogP contribution in [-0.4, -0.2) is 60.2 Å². The average molecular weight is 406 g/mol. The number of rotatable bonds is 6. The van der Waals surface area contributed by atoms with Gasteiger partial charge in [-0.3, -0.25) is 19.3 Å². The molecule has 1 saturated carbocycles. The molecule has 2 N–H and O–H groups in total. The molecule has 4 rings (SSSR count).